The highest BCUT2D eigenvalue weighted by molar-refractivity contribution is 4.93. The standard InChI is InChI=1S/C11H22N4/c1-8(2)15-11-6-9(7-12-3)4-5-10(11)13-14-15/h8-12H,4-7H2,1-3H3. The summed E-state index contributed by atoms with van der Waals surface area (Å²) in [6.45, 7) is 5.53. The molecule has 1 aliphatic carbocycles. The van der Waals surface area contributed by atoms with E-state index < -0.39 is 0 Å². The molecular formula is C11H22N4. The number of rotatable bonds is 3. The van der Waals surface area contributed by atoms with Crippen LogP contribution in [-0.2, 0) is 0 Å². The average Bonchev–Trinajstić information content (AvgIpc) is 2.61. The van der Waals surface area contributed by atoms with Gasteiger partial charge >= 0.3 is 0 Å². The molecule has 0 saturated heterocycles. The summed E-state index contributed by atoms with van der Waals surface area (Å²) in [7, 11) is 2.04. The van der Waals surface area contributed by atoms with Crippen LogP contribution in [0.2, 0.25) is 0 Å². The fourth-order valence-electron chi connectivity index (χ4n) is 2.79. The van der Waals surface area contributed by atoms with E-state index in [1.807, 2.05) is 7.05 Å². The van der Waals surface area contributed by atoms with Crippen LogP contribution in [0.4, 0.5) is 0 Å². The normalized spacial score (nSPS) is 34.9. The molecule has 3 unspecified atom stereocenters. The Balaban J connectivity index is 1.97. The summed E-state index contributed by atoms with van der Waals surface area (Å²) in [5.41, 5.74) is 0. The van der Waals surface area contributed by atoms with Crippen LogP contribution in [0.15, 0.2) is 10.3 Å². The van der Waals surface area contributed by atoms with Crippen LogP contribution in [-0.4, -0.2) is 36.7 Å². The molecule has 1 saturated carbocycles. The maximum Gasteiger partial charge on any atom is 0.0950 e. The van der Waals surface area contributed by atoms with Gasteiger partial charge in [0.25, 0.3) is 0 Å². The number of nitrogens with zero attached hydrogens (tertiary/aromatic N) is 3. The molecule has 0 aromatic rings. The molecule has 4 nitrogen and oxygen atoms in total. The molecule has 86 valence electrons. The first-order valence-electron chi connectivity index (χ1n) is 6.06. The summed E-state index contributed by atoms with van der Waals surface area (Å²) in [5.74, 6) is 0.806. The Labute approximate surface area is 92.1 Å². The number of nitrogens with one attached hydrogen (secondary N) is 1. The number of hydrogen-bond donors (Lipinski definition) is 1. The maximum absolute atomic E-state index is 4.39. The second kappa shape index (κ2) is 4.47. The van der Waals surface area contributed by atoms with Crippen molar-refractivity contribution in [3.05, 3.63) is 0 Å². The van der Waals surface area contributed by atoms with Crippen molar-refractivity contribution in [3.8, 4) is 0 Å². The lowest BCUT2D eigenvalue weighted by molar-refractivity contribution is 0.123. The molecule has 1 aliphatic heterocycles. The summed E-state index contributed by atoms with van der Waals surface area (Å²) in [6.07, 6.45) is 3.76. The predicted octanol–water partition coefficient (Wildman–Crippen LogP) is 1.83. The van der Waals surface area contributed by atoms with Gasteiger partial charge in [-0.05, 0) is 52.6 Å². The minimum atomic E-state index is 0.473. The van der Waals surface area contributed by atoms with E-state index in [1.165, 1.54) is 19.3 Å². The molecule has 15 heavy (non-hydrogen) atoms. The monoisotopic (exact) mass is 210 g/mol. The predicted molar refractivity (Wildman–Crippen MR) is 60.7 cm³/mol. The molecular weight excluding hydrogens is 188 g/mol. The van der Waals surface area contributed by atoms with E-state index in [9.17, 15) is 0 Å². The van der Waals surface area contributed by atoms with Crippen molar-refractivity contribution in [2.24, 2.45) is 16.3 Å². The Hall–Kier alpha value is -0.640. The molecule has 2 aliphatic rings. The van der Waals surface area contributed by atoms with E-state index in [0.29, 0.717) is 18.1 Å². The van der Waals surface area contributed by atoms with Gasteiger partial charge in [0.1, 0.15) is 0 Å². The second-order valence-electron chi connectivity index (χ2n) is 5.05. The van der Waals surface area contributed by atoms with E-state index in [0.717, 1.165) is 12.5 Å². The largest absolute Gasteiger partial charge is 0.319 e. The van der Waals surface area contributed by atoms with Gasteiger partial charge in [0.05, 0.1) is 12.1 Å². The third kappa shape index (κ3) is 2.14. The van der Waals surface area contributed by atoms with E-state index in [1.54, 1.807) is 0 Å². The van der Waals surface area contributed by atoms with E-state index in [4.69, 9.17) is 0 Å². The van der Waals surface area contributed by atoms with Gasteiger partial charge in [0, 0.05) is 6.04 Å². The Morgan fingerprint density at radius 1 is 1.40 bits per heavy atom. The molecule has 1 N–H and O–H groups in total. The van der Waals surface area contributed by atoms with Crippen LogP contribution in [0.3, 0.4) is 0 Å². The molecule has 4 heteroatoms. The smallest absolute Gasteiger partial charge is 0.0950 e. The summed E-state index contributed by atoms with van der Waals surface area (Å²) in [6, 6.07) is 1.52. The highest BCUT2D eigenvalue weighted by Crippen LogP contribution is 2.34. The second-order valence-corrected chi connectivity index (χ2v) is 5.05. The minimum Gasteiger partial charge on any atom is -0.319 e. The van der Waals surface area contributed by atoms with Gasteiger partial charge in [-0.15, -0.1) is 0 Å². The van der Waals surface area contributed by atoms with Gasteiger partial charge in [-0.1, -0.05) is 5.22 Å². The molecule has 1 fully saturated rings. The third-order valence-electron chi connectivity index (χ3n) is 3.55. The minimum absolute atomic E-state index is 0.473. The van der Waals surface area contributed by atoms with Crippen molar-refractivity contribution in [3.63, 3.8) is 0 Å². The topological polar surface area (TPSA) is 40.0 Å². The van der Waals surface area contributed by atoms with Crippen molar-refractivity contribution in [1.82, 2.24) is 10.3 Å². The van der Waals surface area contributed by atoms with Crippen LogP contribution in [0.1, 0.15) is 33.1 Å². The van der Waals surface area contributed by atoms with E-state index in [2.05, 4.69) is 34.5 Å². The molecule has 0 bridgehead atoms. The molecule has 2 rings (SSSR count). The number of hydrogen-bond acceptors (Lipinski definition) is 4. The van der Waals surface area contributed by atoms with Crippen LogP contribution in [0, 0.1) is 5.92 Å². The fraction of sp³-hybridized carbons (Fsp3) is 1.00. The molecule has 0 aromatic heterocycles. The van der Waals surface area contributed by atoms with Crippen LogP contribution in [0.25, 0.3) is 0 Å². The lowest BCUT2D eigenvalue weighted by Crippen LogP contribution is -2.44. The summed E-state index contributed by atoms with van der Waals surface area (Å²) in [5, 5.41) is 14.2. The van der Waals surface area contributed by atoms with Gasteiger partial charge in [-0.25, -0.2) is 0 Å². The molecule has 0 amide bonds. The Morgan fingerprint density at radius 3 is 2.87 bits per heavy atom. The van der Waals surface area contributed by atoms with Gasteiger partial charge < -0.3 is 5.32 Å². The Morgan fingerprint density at radius 2 is 2.20 bits per heavy atom. The molecule has 3 atom stereocenters. The zero-order valence-corrected chi connectivity index (χ0v) is 9.98. The summed E-state index contributed by atoms with van der Waals surface area (Å²) < 4.78 is 0. The first-order chi connectivity index (χ1) is 7.22. The van der Waals surface area contributed by atoms with Crippen molar-refractivity contribution >= 4 is 0 Å². The van der Waals surface area contributed by atoms with Gasteiger partial charge in [0.2, 0.25) is 0 Å². The lowest BCUT2D eigenvalue weighted by atomic mass is 9.82. The SMILES string of the molecule is CNCC1CCC2N=NN(C(C)C)C2C1. The molecule has 0 spiro atoms. The quantitative estimate of drug-likeness (QED) is 0.772. The Bertz CT molecular complexity index is 239. The highest BCUT2D eigenvalue weighted by Gasteiger charge is 2.38. The van der Waals surface area contributed by atoms with Crippen LogP contribution < -0.4 is 5.32 Å². The van der Waals surface area contributed by atoms with E-state index in [-0.39, 0.29) is 0 Å². The van der Waals surface area contributed by atoms with Crippen molar-refractivity contribution < 1.29 is 0 Å². The van der Waals surface area contributed by atoms with Crippen molar-refractivity contribution in [2.75, 3.05) is 13.6 Å². The zero-order chi connectivity index (χ0) is 10.8. The summed E-state index contributed by atoms with van der Waals surface area (Å²) >= 11 is 0. The highest BCUT2D eigenvalue weighted by atomic mass is 15.6. The van der Waals surface area contributed by atoms with Crippen molar-refractivity contribution in [2.45, 2.75) is 51.2 Å². The fourth-order valence-corrected chi connectivity index (χ4v) is 2.79. The molecule has 1 heterocycles. The zero-order valence-electron chi connectivity index (χ0n) is 9.98. The molecule has 0 aromatic carbocycles. The van der Waals surface area contributed by atoms with Gasteiger partial charge in [-0.2, -0.15) is 5.11 Å². The van der Waals surface area contributed by atoms with E-state index >= 15 is 0 Å². The first kappa shape index (κ1) is 10.9. The average molecular weight is 210 g/mol. The Kier molecular flexibility index (Phi) is 3.24. The summed E-state index contributed by atoms with van der Waals surface area (Å²) in [4.78, 5) is 0. The van der Waals surface area contributed by atoms with Crippen molar-refractivity contribution in [1.29, 1.82) is 0 Å². The maximum atomic E-state index is 4.39. The van der Waals surface area contributed by atoms with Gasteiger partial charge in [-0.3, -0.25) is 5.01 Å². The first-order valence-corrected chi connectivity index (χ1v) is 6.06. The van der Waals surface area contributed by atoms with Crippen LogP contribution >= 0.6 is 0 Å². The van der Waals surface area contributed by atoms with Crippen LogP contribution in [0.5, 0.6) is 0 Å². The third-order valence-corrected chi connectivity index (χ3v) is 3.55. The molecule has 0 radical (unpaired) electrons. The van der Waals surface area contributed by atoms with Gasteiger partial charge in [0.15, 0.2) is 0 Å². The lowest BCUT2D eigenvalue weighted by Gasteiger charge is -2.35. The number of fused-ring (bicyclic) bond motifs is 1.